The van der Waals surface area contributed by atoms with E-state index in [1.165, 1.54) is 29.2 Å². The normalized spacial score (nSPS) is 22.4. The van der Waals surface area contributed by atoms with Crippen molar-refractivity contribution in [3.05, 3.63) is 46.4 Å². The maximum Gasteiger partial charge on any atom is 0.285 e. The van der Waals surface area contributed by atoms with Crippen LogP contribution in [0.15, 0.2) is 35.8 Å². The highest BCUT2D eigenvalue weighted by molar-refractivity contribution is 7.86. The van der Waals surface area contributed by atoms with E-state index in [0.717, 1.165) is 36.3 Å². The summed E-state index contributed by atoms with van der Waals surface area (Å²) < 4.78 is 42.1. The van der Waals surface area contributed by atoms with E-state index in [2.05, 4.69) is 6.07 Å². The number of aromatic nitrogens is 1. The predicted molar refractivity (Wildman–Crippen MR) is 130 cm³/mol. The number of thiophene rings is 1. The van der Waals surface area contributed by atoms with Crippen LogP contribution in [0.25, 0.3) is 0 Å². The van der Waals surface area contributed by atoms with Gasteiger partial charge in [0.15, 0.2) is 0 Å². The molecule has 10 heteroatoms. The number of rotatable bonds is 11. The first-order valence-electron chi connectivity index (χ1n) is 11.8. The van der Waals surface area contributed by atoms with Gasteiger partial charge in [-0.15, -0.1) is 11.3 Å². The van der Waals surface area contributed by atoms with Gasteiger partial charge in [-0.2, -0.15) is 17.8 Å². The number of aliphatic hydroxyl groups is 1. The van der Waals surface area contributed by atoms with Gasteiger partial charge in [-0.25, -0.2) is 0 Å². The monoisotopic (exact) mass is 510 g/mol. The van der Waals surface area contributed by atoms with Crippen LogP contribution in [0.1, 0.15) is 55.5 Å². The molecule has 188 valence electrons. The molecule has 34 heavy (non-hydrogen) atoms. The van der Waals surface area contributed by atoms with Crippen LogP contribution in [0.3, 0.4) is 0 Å². The number of methoxy groups -OCH3 is 1. The fraction of sp³-hybridized carbons (Fsp3) is 0.625. The zero-order chi connectivity index (χ0) is 24.1. The molecular weight excluding hydrogens is 476 g/mol. The molecule has 0 aromatic carbocycles. The number of aliphatic hydroxyl groups excluding tert-OH is 1. The van der Waals surface area contributed by atoms with Crippen LogP contribution in [0.2, 0.25) is 0 Å². The second kappa shape index (κ2) is 11.0. The summed E-state index contributed by atoms with van der Waals surface area (Å²) >= 11 is 1.49. The molecule has 1 atom stereocenters. The summed E-state index contributed by atoms with van der Waals surface area (Å²) in [6.07, 6.45) is 8.65. The molecule has 0 bridgehead atoms. The third kappa shape index (κ3) is 5.98. The van der Waals surface area contributed by atoms with Crippen LogP contribution >= 0.6 is 11.3 Å². The van der Waals surface area contributed by atoms with Gasteiger partial charge >= 0.3 is 0 Å². The van der Waals surface area contributed by atoms with Crippen LogP contribution in [0.4, 0.5) is 0 Å². The minimum atomic E-state index is -3.91. The van der Waals surface area contributed by atoms with Crippen molar-refractivity contribution in [1.82, 2.24) is 10.0 Å². The summed E-state index contributed by atoms with van der Waals surface area (Å²) in [6, 6.07) is 7.86. The zero-order valence-electron chi connectivity index (χ0n) is 19.6. The molecule has 0 amide bonds. The Kier molecular flexibility index (Phi) is 8.27. The smallest absolute Gasteiger partial charge is 0.285 e. The number of hydroxylamine groups is 2. The van der Waals surface area contributed by atoms with Gasteiger partial charge in [0.25, 0.3) is 10.1 Å². The fourth-order valence-electron chi connectivity index (χ4n) is 5.37. The van der Waals surface area contributed by atoms with E-state index in [1.54, 1.807) is 7.11 Å². The molecule has 2 aromatic heterocycles. The molecule has 3 heterocycles. The van der Waals surface area contributed by atoms with E-state index in [-0.39, 0.29) is 17.6 Å². The lowest BCUT2D eigenvalue weighted by Gasteiger charge is -2.47. The van der Waals surface area contributed by atoms with E-state index in [1.807, 2.05) is 29.8 Å². The second-order valence-corrected chi connectivity index (χ2v) is 11.9. The first-order valence-corrected chi connectivity index (χ1v) is 14.3. The van der Waals surface area contributed by atoms with E-state index in [9.17, 15) is 13.5 Å². The van der Waals surface area contributed by atoms with E-state index in [0.29, 0.717) is 25.3 Å². The lowest BCUT2D eigenvalue weighted by molar-refractivity contribution is -0.115. The molecule has 0 unspecified atom stereocenters. The number of nitrogens with zero attached hydrogens (tertiary/aromatic N) is 2. The quantitative estimate of drug-likeness (QED) is 0.458. The molecule has 1 N–H and O–H groups in total. The molecule has 1 aliphatic heterocycles. The van der Waals surface area contributed by atoms with Crippen LogP contribution in [0.5, 0.6) is 5.75 Å². The Hall–Kier alpha value is -1.56. The van der Waals surface area contributed by atoms with Gasteiger partial charge in [-0.05, 0) is 55.7 Å². The van der Waals surface area contributed by atoms with Crippen molar-refractivity contribution in [2.75, 3.05) is 32.6 Å². The molecule has 1 saturated carbocycles. The lowest BCUT2D eigenvalue weighted by atomic mass is 9.68. The molecule has 2 fully saturated rings. The van der Waals surface area contributed by atoms with Gasteiger partial charge in [0, 0.05) is 30.5 Å². The highest BCUT2D eigenvalue weighted by Gasteiger charge is 2.48. The summed E-state index contributed by atoms with van der Waals surface area (Å²) in [5, 5.41) is 12.6. The third-order valence-electron chi connectivity index (χ3n) is 7.02. The molecule has 0 radical (unpaired) electrons. The molecule has 8 nitrogen and oxygen atoms in total. The van der Waals surface area contributed by atoms with Crippen molar-refractivity contribution in [2.24, 2.45) is 0 Å². The maximum atomic E-state index is 12.4. The van der Waals surface area contributed by atoms with Gasteiger partial charge in [0.05, 0.1) is 30.7 Å². The average molecular weight is 511 g/mol. The molecule has 1 aliphatic carbocycles. The Balaban J connectivity index is 1.59. The standard InChI is InChI=1S/C24H34N2O6S2/c1-30-20-7-16-33-21(20)18-26(32-34(28,29)17-14-27)13-10-23(22-6-2-5-12-25-22)11-15-31-24(19-23)8-3-4-9-24/h2,5-7,12,16,27H,3-4,8-11,13-15,17-19H2,1H3/t23-/m1/s1. The Labute approximate surface area is 205 Å². The molecular formula is C24H34N2O6S2. The minimum Gasteiger partial charge on any atom is -0.496 e. The summed E-state index contributed by atoms with van der Waals surface area (Å²) in [5.41, 5.74) is 0.670. The number of pyridine rings is 1. The van der Waals surface area contributed by atoms with Gasteiger partial charge in [-0.3, -0.25) is 4.98 Å². The van der Waals surface area contributed by atoms with Crippen LogP contribution in [-0.2, 0) is 31.1 Å². The number of hydrogen-bond acceptors (Lipinski definition) is 9. The molecule has 1 saturated heterocycles. The number of hydrogen-bond donors (Lipinski definition) is 1. The Morgan fingerprint density at radius 1 is 1.24 bits per heavy atom. The summed E-state index contributed by atoms with van der Waals surface area (Å²) in [6.45, 7) is 0.832. The van der Waals surface area contributed by atoms with Crippen LogP contribution in [-0.4, -0.2) is 61.8 Å². The molecule has 2 aliphatic rings. The average Bonchev–Trinajstić information content (AvgIpc) is 3.47. The van der Waals surface area contributed by atoms with Gasteiger partial charge in [0.1, 0.15) is 11.5 Å². The number of ether oxygens (including phenoxy) is 2. The predicted octanol–water partition coefficient (Wildman–Crippen LogP) is 3.66. The SMILES string of the molecule is COc1ccsc1CN(CC[C@@]1(c2ccccn2)CCOC2(CCCC2)C1)OS(=O)(=O)CCO. The highest BCUT2D eigenvalue weighted by atomic mass is 32.2. The molecule has 1 spiro atoms. The fourth-order valence-corrected chi connectivity index (χ4v) is 6.96. The second-order valence-electron chi connectivity index (χ2n) is 9.25. The topological polar surface area (TPSA) is 98.2 Å². The zero-order valence-corrected chi connectivity index (χ0v) is 21.3. The van der Waals surface area contributed by atoms with Gasteiger partial charge < -0.3 is 14.6 Å². The first kappa shape index (κ1) is 25.5. The van der Waals surface area contributed by atoms with Gasteiger partial charge in [0.2, 0.25) is 0 Å². The largest absolute Gasteiger partial charge is 0.496 e. The lowest BCUT2D eigenvalue weighted by Crippen LogP contribution is -2.48. The summed E-state index contributed by atoms with van der Waals surface area (Å²) in [5.74, 6) is 0.251. The molecule has 4 rings (SSSR count). The van der Waals surface area contributed by atoms with Gasteiger partial charge in [-0.1, -0.05) is 18.9 Å². The third-order valence-corrected chi connectivity index (χ3v) is 9.02. The summed E-state index contributed by atoms with van der Waals surface area (Å²) in [7, 11) is -2.32. The van der Waals surface area contributed by atoms with Crippen molar-refractivity contribution in [3.8, 4) is 5.75 Å². The Bertz CT molecular complexity index is 1020. The Morgan fingerprint density at radius 3 is 2.76 bits per heavy atom. The van der Waals surface area contributed by atoms with Crippen LogP contribution in [0, 0.1) is 0 Å². The van der Waals surface area contributed by atoms with Crippen molar-refractivity contribution in [1.29, 1.82) is 0 Å². The van der Waals surface area contributed by atoms with E-state index >= 15 is 0 Å². The van der Waals surface area contributed by atoms with Crippen LogP contribution < -0.4 is 4.74 Å². The van der Waals surface area contributed by atoms with E-state index in [4.69, 9.17) is 18.7 Å². The highest BCUT2D eigenvalue weighted by Crippen LogP contribution is 2.49. The minimum absolute atomic E-state index is 0.124. The maximum absolute atomic E-state index is 12.4. The van der Waals surface area contributed by atoms with Crippen molar-refractivity contribution in [2.45, 2.75) is 62.5 Å². The Morgan fingerprint density at radius 2 is 2.06 bits per heavy atom. The summed E-state index contributed by atoms with van der Waals surface area (Å²) in [4.78, 5) is 5.61. The van der Waals surface area contributed by atoms with Crippen molar-refractivity contribution >= 4 is 21.5 Å². The van der Waals surface area contributed by atoms with Crippen molar-refractivity contribution in [3.63, 3.8) is 0 Å². The van der Waals surface area contributed by atoms with E-state index < -0.39 is 22.5 Å². The first-order chi connectivity index (χ1) is 16.4. The molecule has 2 aromatic rings. The van der Waals surface area contributed by atoms with Crippen molar-refractivity contribution < 1.29 is 27.3 Å².